The molecule has 1 N–H and O–H groups in total. The van der Waals surface area contributed by atoms with Gasteiger partial charge in [-0.05, 0) is 83.6 Å². The van der Waals surface area contributed by atoms with Crippen molar-refractivity contribution in [3.63, 3.8) is 0 Å². The molecule has 0 aliphatic rings. The van der Waals surface area contributed by atoms with Crippen LogP contribution < -0.4 is 10.1 Å². The zero-order valence-electron chi connectivity index (χ0n) is 15.6. The van der Waals surface area contributed by atoms with Gasteiger partial charge in [0, 0.05) is 19.3 Å². The van der Waals surface area contributed by atoms with Gasteiger partial charge in [-0.25, -0.2) is 4.98 Å². The van der Waals surface area contributed by atoms with E-state index in [1.165, 1.54) is 0 Å². The molecule has 0 unspecified atom stereocenters. The number of nitrogens with zero attached hydrogens (tertiary/aromatic N) is 1. The third-order valence-electron chi connectivity index (χ3n) is 4.41. The van der Waals surface area contributed by atoms with E-state index in [9.17, 15) is 4.79 Å². The van der Waals surface area contributed by atoms with Crippen LogP contribution >= 0.6 is 38.5 Å². The first-order valence-electron chi connectivity index (χ1n) is 8.76. The fourth-order valence-corrected chi connectivity index (χ4v) is 4.23. The zero-order valence-corrected chi connectivity index (χ0v) is 19.4. The third kappa shape index (κ3) is 4.16. The van der Waals surface area contributed by atoms with Gasteiger partial charge in [0.1, 0.15) is 11.3 Å². The molecule has 7 heteroatoms. The maximum atomic E-state index is 12.8. The van der Waals surface area contributed by atoms with Crippen molar-refractivity contribution in [1.29, 1.82) is 0 Å². The zero-order chi connectivity index (χ0) is 20.5. The van der Waals surface area contributed by atoms with E-state index in [4.69, 9.17) is 9.15 Å². The number of anilines is 1. The van der Waals surface area contributed by atoms with Crippen molar-refractivity contribution in [3.05, 3.63) is 73.8 Å². The quantitative estimate of drug-likeness (QED) is 0.291. The van der Waals surface area contributed by atoms with Gasteiger partial charge in [0.25, 0.3) is 5.91 Å². The van der Waals surface area contributed by atoms with E-state index in [0.717, 1.165) is 19.2 Å². The standard InChI is InChI=1S/C22H16BrIN2O3/c1-12-8-14(23)10-17(20(12)28-2)21(27)25-16-6-7-19-18(11-16)26-22(29-19)13-4-3-5-15(24)9-13/h3-11H,1-2H3,(H,25,27). The molecule has 0 aliphatic carbocycles. The average Bonchev–Trinajstić information content (AvgIpc) is 3.11. The highest BCUT2D eigenvalue weighted by atomic mass is 127. The normalized spacial score (nSPS) is 10.9. The summed E-state index contributed by atoms with van der Waals surface area (Å²) in [6.45, 7) is 1.90. The Labute approximate surface area is 189 Å². The van der Waals surface area contributed by atoms with Crippen LogP contribution in [0.2, 0.25) is 0 Å². The summed E-state index contributed by atoms with van der Waals surface area (Å²) in [7, 11) is 1.56. The van der Waals surface area contributed by atoms with Gasteiger partial charge in [0.05, 0.1) is 12.7 Å². The lowest BCUT2D eigenvalue weighted by Gasteiger charge is -2.12. The maximum absolute atomic E-state index is 12.8. The van der Waals surface area contributed by atoms with Gasteiger partial charge < -0.3 is 14.5 Å². The molecule has 0 fully saturated rings. The van der Waals surface area contributed by atoms with Crippen LogP contribution in [0.25, 0.3) is 22.6 Å². The van der Waals surface area contributed by atoms with Crippen molar-refractivity contribution in [2.75, 3.05) is 12.4 Å². The average molecular weight is 563 g/mol. The van der Waals surface area contributed by atoms with Crippen molar-refractivity contribution in [3.8, 4) is 17.2 Å². The largest absolute Gasteiger partial charge is 0.496 e. The molecule has 0 saturated carbocycles. The van der Waals surface area contributed by atoms with Gasteiger partial charge in [-0.3, -0.25) is 4.79 Å². The molecule has 0 radical (unpaired) electrons. The number of rotatable bonds is 4. The number of aryl methyl sites for hydroxylation is 1. The van der Waals surface area contributed by atoms with Crippen LogP contribution in [0, 0.1) is 10.5 Å². The molecule has 5 nitrogen and oxygen atoms in total. The highest BCUT2D eigenvalue weighted by molar-refractivity contribution is 14.1. The van der Waals surface area contributed by atoms with Gasteiger partial charge in [0.15, 0.2) is 5.58 Å². The van der Waals surface area contributed by atoms with Gasteiger partial charge in [0.2, 0.25) is 5.89 Å². The Morgan fingerprint density at radius 3 is 2.76 bits per heavy atom. The van der Waals surface area contributed by atoms with Crippen molar-refractivity contribution >= 4 is 61.2 Å². The minimum Gasteiger partial charge on any atom is -0.496 e. The van der Waals surface area contributed by atoms with E-state index >= 15 is 0 Å². The number of benzene rings is 3. The molecule has 0 bridgehead atoms. The highest BCUT2D eigenvalue weighted by Crippen LogP contribution is 2.30. The van der Waals surface area contributed by atoms with E-state index < -0.39 is 0 Å². The molecule has 29 heavy (non-hydrogen) atoms. The lowest BCUT2D eigenvalue weighted by molar-refractivity contribution is 0.102. The Balaban J connectivity index is 1.65. The molecule has 0 atom stereocenters. The van der Waals surface area contributed by atoms with Crippen molar-refractivity contribution in [2.45, 2.75) is 6.92 Å². The summed E-state index contributed by atoms with van der Waals surface area (Å²) < 4.78 is 13.2. The molecule has 4 aromatic rings. The van der Waals surface area contributed by atoms with Crippen LogP contribution in [0.3, 0.4) is 0 Å². The fraction of sp³-hybridized carbons (Fsp3) is 0.0909. The third-order valence-corrected chi connectivity index (χ3v) is 5.53. The second kappa shape index (κ2) is 8.16. The van der Waals surface area contributed by atoms with E-state index in [1.54, 1.807) is 31.4 Å². The number of ether oxygens (including phenoxy) is 1. The first-order valence-corrected chi connectivity index (χ1v) is 10.6. The molecule has 4 rings (SSSR count). The summed E-state index contributed by atoms with van der Waals surface area (Å²) in [6, 6.07) is 17.0. The van der Waals surface area contributed by atoms with Crippen LogP contribution in [0.15, 0.2) is 63.5 Å². The lowest BCUT2D eigenvalue weighted by atomic mass is 10.1. The van der Waals surface area contributed by atoms with Gasteiger partial charge in [-0.1, -0.05) is 22.0 Å². The summed E-state index contributed by atoms with van der Waals surface area (Å²) in [5.74, 6) is 0.840. The summed E-state index contributed by atoms with van der Waals surface area (Å²) in [4.78, 5) is 17.4. The number of methoxy groups -OCH3 is 1. The number of fused-ring (bicyclic) bond motifs is 1. The van der Waals surface area contributed by atoms with Crippen molar-refractivity contribution < 1.29 is 13.9 Å². The molecule has 1 heterocycles. The summed E-state index contributed by atoms with van der Waals surface area (Å²) >= 11 is 5.69. The monoisotopic (exact) mass is 562 g/mol. The number of aromatic nitrogens is 1. The van der Waals surface area contributed by atoms with Crippen LogP contribution in [0.1, 0.15) is 15.9 Å². The molecule has 146 valence electrons. The molecular weight excluding hydrogens is 547 g/mol. The number of hydrogen-bond donors (Lipinski definition) is 1. The molecule has 0 saturated heterocycles. The van der Waals surface area contributed by atoms with Crippen LogP contribution in [0.4, 0.5) is 5.69 Å². The second-order valence-electron chi connectivity index (χ2n) is 6.47. The van der Waals surface area contributed by atoms with Gasteiger partial charge in [-0.15, -0.1) is 0 Å². The molecule has 1 amide bonds. The van der Waals surface area contributed by atoms with Crippen LogP contribution in [-0.2, 0) is 0 Å². The summed E-state index contributed by atoms with van der Waals surface area (Å²) in [5.41, 5.74) is 4.21. The van der Waals surface area contributed by atoms with Crippen molar-refractivity contribution in [1.82, 2.24) is 4.98 Å². The SMILES string of the molecule is COc1c(C)cc(Br)cc1C(=O)Nc1ccc2oc(-c3cccc(I)c3)nc2c1. The van der Waals surface area contributed by atoms with Gasteiger partial charge in [-0.2, -0.15) is 0 Å². The van der Waals surface area contributed by atoms with E-state index in [1.807, 2.05) is 37.3 Å². The molecular formula is C22H16BrIN2O3. The second-order valence-corrected chi connectivity index (χ2v) is 8.63. The molecule has 0 spiro atoms. The predicted octanol–water partition coefficient (Wildman–Crippen LogP) is 6.43. The minimum atomic E-state index is -0.257. The van der Waals surface area contributed by atoms with E-state index in [-0.39, 0.29) is 5.91 Å². The smallest absolute Gasteiger partial charge is 0.259 e. The number of nitrogens with one attached hydrogen (secondary N) is 1. The fourth-order valence-electron chi connectivity index (χ4n) is 3.12. The lowest BCUT2D eigenvalue weighted by Crippen LogP contribution is -2.13. The Kier molecular flexibility index (Phi) is 5.60. The van der Waals surface area contributed by atoms with E-state index in [0.29, 0.717) is 34.0 Å². The van der Waals surface area contributed by atoms with E-state index in [2.05, 4.69) is 48.8 Å². The Morgan fingerprint density at radius 1 is 1.17 bits per heavy atom. The summed E-state index contributed by atoms with van der Waals surface area (Å²) in [6.07, 6.45) is 0. The highest BCUT2D eigenvalue weighted by Gasteiger charge is 2.17. The number of halogens is 2. The Bertz CT molecular complexity index is 1240. The molecule has 1 aromatic heterocycles. The number of amides is 1. The predicted molar refractivity (Wildman–Crippen MR) is 126 cm³/mol. The molecule has 3 aromatic carbocycles. The first-order chi connectivity index (χ1) is 13.9. The Hall–Kier alpha value is -2.39. The number of oxazole rings is 1. The van der Waals surface area contributed by atoms with Crippen LogP contribution in [-0.4, -0.2) is 18.0 Å². The van der Waals surface area contributed by atoms with Crippen molar-refractivity contribution in [2.24, 2.45) is 0 Å². The maximum Gasteiger partial charge on any atom is 0.259 e. The van der Waals surface area contributed by atoms with Gasteiger partial charge >= 0.3 is 0 Å². The Morgan fingerprint density at radius 2 is 2.00 bits per heavy atom. The number of hydrogen-bond acceptors (Lipinski definition) is 4. The number of carbonyl (C=O) groups excluding carboxylic acids is 1. The molecule has 0 aliphatic heterocycles. The summed E-state index contributed by atoms with van der Waals surface area (Å²) in [5, 5.41) is 2.92. The minimum absolute atomic E-state index is 0.257. The topological polar surface area (TPSA) is 64.4 Å². The van der Waals surface area contributed by atoms with Crippen LogP contribution in [0.5, 0.6) is 5.75 Å². The first kappa shape index (κ1) is 19.9. The number of carbonyl (C=O) groups is 1.